The molecule has 1 aromatic heterocycles. The fourth-order valence-electron chi connectivity index (χ4n) is 1.54. The molecule has 0 aliphatic heterocycles. The number of aromatic nitrogens is 1. The standard InChI is InChI=1S/C12H20N2O3S/c1-3-10(4-2)8-14-18(16,17)12-6-5-11(9-15)7-13-12/h5-7,10,14-15H,3-4,8-9H2,1-2H3. The molecule has 0 saturated heterocycles. The zero-order chi connectivity index (χ0) is 13.6. The van der Waals surface area contributed by atoms with E-state index in [4.69, 9.17) is 5.11 Å². The third-order valence-electron chi connectivity index (χ3n) is 2.97. The third-order valence-corrected chi connectivity index (χ3v) is 4.31. The number of hydrogen-bond donors (Lipinski definition) is 2. The fourth-order valence-corrected chi connectivity index (χ4v) is 2.58. The largest absolute Gasteiger partial charge is 0.392 e. The Morgan fingerprint density at radius 1 is 1.33 bits per heavy atom. The Balaban J connectivity index is 2.73. The van der Waals surface area contributed by atoms with E-state index in [9.17, 15) is 8.42 Å². The van der Waals surface area contributed by atoms with Crippen LogP contribution in [0.25, 0.3) is 0 Å². The zero-order valence-electron chi connectivity index (χ0n) is 10.8. The number of aliphatic hydroxyl groups excluding tert-OH is 1. The maximum absolute atomic E-state index is 11.9. The van der Waals surface area contributed by atoms with Gasteiger partial charge in [-0.1, -0.05) is 32.8 Å². The lowest BCUT2D eigenvalue weighted by molar-refractivity contribution is 0.281. The first-order valence-corrected chi connectivity index (χ1v) is 7.57. The molecule has 0 unspecified atom stereocenters. The Bertz CT molecular complexity index is 453. The predicted molar refractivity (Wildman–Crippen MR) is 69.4 cm³/mol. The summed E-state index contributed by atoms with van der Waals surface area (Å²) in [5.41, 5.74) is 0.592. The lowest BCUT2D eigenvalue weighted by Crippen LogP contribution is -2.29. The van der Waals surface area contributed by atoms with Crippen molar-refractivity contribution in [3.8, 4) is 0 Å². The van der Waals surface area contributed by atoms with Crippen LogP contribution in [0.2, 0.25) is 0 Å². The van der Waals surface area contributed by atoms with E-state index in [1.165, 1.54) is 12.3 Å². The smallest absolute Gasteiger partial charge is 0.258 e. The van der Waals surface area contributed by atoms with Gasteiger partial charge in [0.05, 0.1) is 6.61 Å². The van der Waals surface area contributed by atoms with E-state index in [2.05, 4.69) is 9.71 Å². The Morgan fingerprint density at radius 2 is 2.00 bits per heavy atom. The Hall–Kier alpha value is -0.980. The summed E-state index contributed by atoms with van der Waals surface area (Å²) in [4.78, 5) is 3.84. The molecule has 0 spiro atoms. The maximum atomic E-state index is 11.9. The average molecular weight is 272 g/mol. The fraction of sp³-hybridized carbons (Fsp3) is 0.583. The summed E-state index contributed by atoms with van der Waals surface area (Å²) in [6.45, 7) is 4.36. The highest BCUT2D eigenvalue weighted by molar-refractivity contribution is 7.89. The normalized spacial score (nSPS) is 12.0. The average Bonchev–Trinajstić information content (AvgIpc) is 2.40. The lowest BCUT2D eigenvalue weighted by Gasteiger charge is -2.13. The van der Waals surface area contributed by atoms with Gasteiger partial charge in [0.15, 0.2) is 5.03 Å². The Labute approximate surface area is 108 Å². The summed E-state index contributed by atoms with van der Waals surface area (Å²) in [5.74, 6) is 0.344. The first kappa shape index (κ1) is 15.1. The van der Waals surface area contributed by atoms with Gasteiger partial charge >= 0.3 is 0 Å². The van der Waals surface area contributed by atoms with Gasteiger partial charge in [0, 0.05) is 12.7 Å². The summed E-state index contributed by atoms with van der Waals surface area (Å²) in [5, 5.41) is 8.86. The van der Waals surface area contributed by atoms with Gasteiger partial charge in [0.2, 0.25) is 0 Å². The van der Waals surface area contributed by atoms with Gasteiger partial charge in [0.25, 0.3) is 10.0 Å². The molecule has 5 nitrogen and oxygen atoms in total. The molecule has 0 radical (unpaired) electrons. The van der Waals surface area contributed by atoms with Crippen molar-refractivity contribution in [3.63, 3.8) is 0 Å². The molecular formula is C12H20N2O3S. The molecule has 102 valence electrons. The van der Waals surface area contributed by atoms with Crippen LogP contribution in [-0.4, -0.2) is 25.1 Å². The van der Waals surface area contributed by atoms with Crippen LogP contribution in [0.15, 0.2) is 23.4 Å². The molecule has 0 atom stereocenters. The van der Waals surface area contributed by atoms with Crippen molar-refractivity contribution in [2.24, 2.45) is 5.92 Å². The van der Waals surface area contributed by atoms with Crippen molar-refractivity contribution in [1.29, 1.82) is 0 Å². The van der Waals surface area contributed by atoms with Crippen LogP contribution in [0.5, 0.6) is 0 Å². The molecule has 1 rings (SSSR count). The molecule has 0 fully saturated rings. The minimum Gasteiger partial charge on any atom is -0.392 e. The number of pyridine rings is 1. The zero-order valence-corrected chi connectivity index (χ0v) is 11.6. The minimum atomic E-state index is -3.54. The monoisotopic (exact) mass is 272 g/mol. The number of sulfonamides is 1. The topological polar surface area (TPSA) is 79.3 Å². The number of aliphatic hydroxyl groups is 1. The van der Waals surface area contributed by atoms with Gasteiger partial charge in [0.1, 0.15) is 0 Å². The molecule has 1 aromatic rings. The van der Waals surface area contributed by atoms with Gasteiger partial charge in [-0.15, -0.1) is 0 Å². The highest BCUT2D eigenvalue weighted by Crippen LogP contribution is 2.10. The van der Waals surface area contributed by atoms with Crippen LogP contribution in [0, 0.1) is 5.92 Å². The van der Waals surface area contributed by atoms with Gasteiger partial charge in [-0.05, 0) is 17.5 Å². The van der Waals surface area contributed by atoms with E-state index in [1.54, 1.807) is 6.07 Å². The number of rotatable bonds is 7. The second-order valence-corrected chi connectivity index (χ2v) is 5.91. The van der Waals surface area contributed by atoms with E-state index >= 15 is 0 Å². The van der Waals surface area contributed by atoms with Crippen LogP contribution in [0.1, 0.15) is 32.3 Å². The van der Waals surface area contributed by atoms with Gasteiger partial charge < -0.3 is 5.11 Å². The van der Waals surface area contributed by atoms with Crippen molar-refractivity contribution in [2.45, 2.75) is 38.3 Å². The minimum absolute atomic E-state index is 0.00865. The van der Waals surface area contributed by atoms with Crippen LogP contribution in [0.3, 0.4) is 0 Å². The summed E-state index contributed by atoms with van der Waals surface area (Å²) in [6.07, 6.45) is 3.25. The second-order valence-electron chi connectivity index (χ2n) is 4.20. The van der Waals surface area contributed by atoms with Crippen molar-refractivity contribution >= 4 is 10.0 Å². The van der Waals surface area contributed by atoms with Gasteiger partial charge in [-0.2, -0.15) is 0 Å². The molecule has 0 bridgehead atoms. The lowest BCUT2D eigenvalue weighted by atomic mass is 10.0. The predicted octanol–water partition coefficient (Wildman–Crippen LogP) is 1.29. The van der Waals surface area contributed by atoms with Crippen molar-refractivity contribution < 1.29 is 13.5 Å². The molecule has 0 aliphatic rings. The molecule has 0 saturated carbocycles. The van der Waals surface area contributed by atoms with Crippen LogP contribution >= 0.6 is 0 Å². The van der Waals surface area contributed by atoms with Crippen LogP contribution < -0.4 is 4.72 Å². The number of nitrogens with zero attached hydrogens (tertiary/aromatic N) is 1. The second kappa shape index (κ2) is 6.82. The van der Waals surface area contributed by atoms with E-state index < -0.39 is 10.0 Å². The quantitative estimate of drug-likeness (QED) is 0.784. The van der Waals surface area contributed by atoms with Crippen molar-refractivity contribution in [2.75, 3.05) is 6.54 Å². The molecule has 6 heteroatoms. The van der Waals surface area contributed by atoms with Crippen LogP contribution in [0.4, 0.5) is 0 Å². The summed E-state index contributed by atoms with van der Waals surface area (Å²) in [6, 6.07) is 2.96. The van der Waals surface area contributed by atoms with E-state index in [0.717, 1.165) is 12.8 Å². The first-order chi connectivity index (χ1) is 8.53. The van der Waals surface area contributed by atoms with E-state index in [0.29, 0.717) is 18.0 Å². The summed E-state index contributed by atoms with van der Waals surface area (Å²) >= 11 is 0. The van der Waals surface area contributed by atoms with Crippen molar-refractivity contribution in [3.05, 3.63) is 23.9 Å². The summed E-state index contributed by atoms with van der Waals surface area (Å²) in [7, 11) is -3.54. The van der Waals surface area contributed by atoms with Crippen LogP contribution in [-0.2, 0) is 16.6 Å². The summed E-state index contributed by atoms with van der Waals surface area (Å²) < 4.78 is 26.4. The molecule has 1 heterocycles. The Kier molecular flexibility index (Phi) is 5.71. The Morgan fingerprint density at radius 3 is 2.44 bits per heavy atom. The molecule has 0 aromatic carbocycles. The van der Waals surface area contributed by atoms with Gasteiger partial charge in [-0.25, -0.2) is 18.1 Å². The molecule has 0 amide bonds. The number of nitrogens with one attached hydrogen (secondary N) is 1. The highest BCUT2D eigenvalue weighted by Gasteiger charge is 2.16. The third kappa shape index (κ3) is 4.04. The first-order valence-electron chi connectivity index (χ1n) is 6.09. The maximum Gasteiger partial charge on any atom is 0.258 e. The van der Waals surface area contributed by atoms with E-state index in [-0.39, 0.29) is 11.6 Å². The SMILES string of the molecule is CCC(CC)CNS(=O)(=O)c1ccc(CO)cn1. The van der Waals surface area contributed by atoms with E-state index in [1.807, 2.05) is 13.8 Å². The molecular weight excluding hydrogens is 252 g/mol. The molecule has 0 aliphatic carbocycles. The molecule has 2 N–H and O–H groups in total. The highest BCUT2D eigenvalue weighted by atomic mass is 32.2. The van der Waals surface area contributed by atoms with Gasteiger partial charge in [-0.3, -0.25) is 0 Å². The number of hydrogen-bond acceptors (Lipinski definition) is 4. The molecule has 18 heavy (non-hydrogen) atoms. The van der Waals surface area contributed by atoms with Crippen molar-refractivity contribution in [1.82, 2.24) is 9.71 Å².